The van der Waals surface area contributed by atoms with Crippen LogP contribution in [-0.2, 0) is 4.79 Å². The average molecular weight is 361 g/mol. The maximum absolute atomic E-state index is 12.6. The van der Waals surface area contributed by atoms with Crippen molar-refractivity contribution in [2.24, 2.45) is 0 Å². The van der Waals surface area contributed by atoms with Crippen LogP contribution in [0.25, 0.3) is 11.0 Å². The van der Waals surface area contributed by atoms with Crippen LogP contribution in [0.3, 0.4) is 0 Å². The van der Waals surface area contributed by atoms with Gasteiger partial charge in [0.15, 0.2) is 5.78 Å². The molecule has 27 heavy (non-hydrogen) atoms. The Kier molecular flexibility index (Phi) is 4.44. The molecule has 5 heteroatoms. The second kappa shape index (κ2) is 6.91. The number of nitrogens with zero attached hydrogens (tertiary/aromatic N) is 2. The zero-order valence-electron chi connectivity index (χ0n) is 15.8. The number of carbonyl (C=O) groups excluding carboxylic acids is 1. The van der Waals surface area contributed by atoms with E-state index in [1.807, 2.05) is 55.5 Å². The van der Waals surface area contributed by atoms with Gasteiger partial charge in [-0.3, -0.25) is 9.36 Å². The van der Waals surface area contributed by atoms with Gasteiger partial charge in [0.25, 0.3) is 0 Å². The van der Waals surface area contributed by atoms with Gasteiger partial charge >= 0.3 is 0 Å². The molecule has 1 aromatic heterocycles. The number of imidazole rings is 1. The molecule has 0 amide bonds. The zero-order chi connectivity index (χ0) is 19.0. The van der Waals surface area contributed by atoms with E-state index in [1.165, 1.54) is 0 Å². The molecule has 2 heterocycles. The number of para-hydroxylation sites is 2. The van der Waals surface area contributed by atoms with Crippen LogP contribution >= 0.6 is 0 Å². The monoisotopic (exact) mass is 361 g/mol. The summed E-state index contributed by atoms with van der Waals surface area (Å²) in [5, 5.41) is 3.31. The van der Waals surface area contributed by atoms with Crippen LogP contribution in [0.2, 0.25) is 0 Å². The minimum Gasteiger partial charge on any atom is -0.494 e. The van der Waals surface area contributed by atoms with Gasteiger partial charge in [0.05, 0.1) is 23.7 Å². The summed E-state index contributed by atoms with van der Waals surface area (Å²) in [5.74, 6) is 1.62. The molecule has 4 rings (SSSR count). The minimum atomic E-state index is -0.240. The van der Waals surface area contributed by atoms with Gasteiger partial charge in [0.1, 0.15) is 5.75 Å². The third-order valence-electron chi connectivity index (χ3n) is 4.86. The second-order valence-corrected chi connectivity index (χ2v) is 6.84. The molecule has 3 aromatic rings. The molecular weight excluding hydrogens is 338 g/mol. The number of aromatic nitrogens is 2. The number of nitrogens with one attached hydrogen (secondary N) is 1. The maximum atomic E-state index is 12.6. The van der Waals surface area contributed by atoms with Crippen molar-refractivity contribution in [3.8, 4) is 5.75 Å². The van der Waals surface area contributed by atoms with Crippen LogP contribution < -0.4 is 10.1 Å². The second-order valence-electron chi connectivity index (χ2n) is 6.84. The molecule has 2 aromatic carbocycles. The van der Waals surface area contributed by atoms with Crippen LogP contribution in [0.4, 0.5) is 5.95 Å². The van der Waals surface area contributed by atoms with Crippen molar-refractivity contribution < 1.29 is 9.53 Å². The molecule has 0 radical (unpaired) electrons. The highest BCUT2D eigenvalue weighted by Crippen LogP contribution is 2.40. The Balaban J connectivity index is 1.92. The fourth-order valence-electron chi connectivity index (χ4n) is 3.73. The van der Waals surface area contributed by atoms with Crippen molar-refractivity contribution in [2.45, 2.75) is 33.2 Å². The van der Waals surface area contributed by atoms with Gasteiger partial charge in [-0.15, -0.1) is 0 Å². The molecule has 0 spiro atoms. The number of Topliss-reactive ketones (excluding diaryl/α,β-unsaturated/α-hetero) is 1. The van der Waals surface area contributed by atoms with Gasteiger partial charge in [-0.25, -0.2) is 4.98 Å². The summed E-state index contributed by atoms with van der Waals surface area (Å²) in [6.45, 7) is 6.31. The molecule has 0 bridgehead atoms. The Morgan fingerprint density at radius 1 is 1.22 bits per heavy atom. The Morgan fingerprint density at radius 3 is 2.81 bits per heavy atom. The lowest BCUT2D eigenvalue weighted by Gasteiger charge is -2.30. The van der Waals surface area contributed by atoms with Gasteiger partial charge in [0.2, 0.25) is 5.95 Å². The van der Waals surface area contributed by atoms with Crippen LogP contribution in [0, 0.1) is 0 Å². The van der Waals surface area contributed by atoms with E-state index >= 15 is 0 Å². The van der Waals surface area contributed by atoms with Gasteiger partial charge in [0, 0.05) is 11.3 Å². The number of rotatable bonds is 5. The van der Waals surface area contributed by atoms with Crippen molar-refractivity contribution >= 4 is 22.8 Å². The molecule has 0 saturated carbocycles. The number of ether oxygens (including phenoxy) is 1. The fourth-order valence-corrected chi connectivity index (χ4v) is 3.73. The summed E-state index contributed by atoms with van der Waals surface area (Å²) in [5.41, 5.74) is 4.50. The summed E-state index contributed by atoms with van der Waals surface area (Å²) in [6.07, 6.45) is 0.950. The lowest BCUT2D eigenvalue weighted by atomic mass is 9.92. The van der Waals surface area contributed by atoms with E-state index in [2.05, 4.69) is 16.8 Å². The number of anilines is 1. The molecule has 0 aliphatic carbocycles. The number of carbonyl (C=O) groups is 1. The Labute approximate surface area is 158 Å². The van der Waals surface area contributed by atoms with E-state index in [1.54, 1.807) is 6.92 Å². The summed E-state index contributed by atoms with van der Waals surface area (Å²) in [4.78, 5) is 17.3. The molecule has 1 aliphatic heterocycles. The van der Waals surface area contributed by atoms with Crippen LogP contribution in [-0.4, -0.2) is 21.9 Å². The summed E-state index contributed by atoms with van der Waals surface area (Å²) in [7, 11) is 0. The number of ketones is 1. The summed E-state index contributed by atoms with van der Waals surface area (Å²) in [6, 6.07) is 15.8. The highest BCUT2D eigenvalue weighted by molar-refractivity contribution is 5.97. The van der Waals surface area contributed by atoms with E-state index in [0.717, 1.165) is 46.0 Å². The fraction of sp³-hybridized carbons (Fsp3) is 0.273. The molecule has 1 N–H and O–H groups in total. The third-order valence-corrected chi connectivity index (χ3v) is 4.86. The van der Waals surface area contributed by atoms with Gasteiger partial charge in [-0.05, 0) is 50.1 Å². The van der Waals surface area contributed by atoms with E-state index < -0.39 is 0 Å². The van der Waals surface area contributed by atoms with Crippen molar-refractivity contribution in [2.75, 3.05) is 11.9 Å². The molecule has 1 atom stereocenters. The Morgan fingerprint density at radius 2 is 2.04 bits per heavy atom. The van der Waals surface area contributed by atoms with E-state index in [0.29, 0.717) is 6.61 Å². The maximum Gasteiger partial charge on any atom is 0.209 e. The summed E-state index contributed by atoms with van der Waals surface area (Å²) >= 11 is 0. The van der Waals surface area contributed by atoms with Crippen molar-refractivity contribution in [1.29, 1.82) is 0 Å². The quantitative estimate of drug-likeness (QED) is 0.715. The number of fused-ring (bicyclic) bond motifs is 3. The molecule has 0 fully saturated rings. The lowest BCUT2D eigenvalue weighted by molar-refractivity contribution is -0.114. The molecule has 0 saturated heterocycles. The molecular formula is C22H23N3O2. The standard InChI is InChI=1S/C22H23N3O2/c1-4-12-27-17-9-7-8-16(13-17)21-20(15(3)26)14(2)23-22-24-18-10-5-6-11-19(18)25(21)22/h5-11,13,21H,4,12H2,1-3H3,(H,23,24)/t21-/m1/s1. The predicted octanol–water partition coefficient (Wildman–Crippen LogP) is 4.70. The van der Waals surface area contributed by atoms with Crippen molar-refractivity contribution in [3.63, 3.8) is 0 Å². The van der Waals surface area contributed by atoms with Crippen LogP contribution in [0.1, 0.15) is 38.8 Å². The number of benzene rings is 2. The van der Waals surface area contributed by atoms with Gasteiger partial charge < -0.3 is 10.1 Å². The zero-order valence-corrected chi connectivity index (χ0v) is 15.8. The van der Waals surface area contributed by atoms with E-state index in [4.69, 9.17) is 9.72 Å². The van der Waals surface area contributed by atoms with Gasteiger partial charge in [-0.1, -0.05) is 31.2 Å². The highest BCUT2D eigenvalue weighted by Gasteiger charge is 2.32. The SMILES string of the molecule is CCCOc1cccc([C@@H]2C(C(C)=O)=C(C)Nc3nc4ccccc4n32)c1. The first kappa shape index (κ1) is 17.3. The normalized spacial score (nSPS) is 16.2. The van der Waals surface area contributed by atoms with Crippen LogP contribution in [0.5, 0.6) is 5.75 Å². The largest absolute Gasteiger partial charge is 0.494 e. The average Bonchev–Trinajstić information content (AvgIpc) is 3.03. The predicted molar refractivity (Wildman–Crippen MR) is 107 cm³/mol. The molecule has 1 aliphatic rings. The number of allylic oxidation sites excluding steroid dienone is 2. The lowest BCUT2D eigenvalue weighted by Crippen LogP contribution is -2.27. The molecule has 0 unspecified atom stereocenters. The third kappa shape index (κ3) is 2.99. The Hall–Kier alpha value is -3.08. The first-order valence-electron chi connectivity index (χ1n) is 9.28. The number of hydrogen-bond acceptors (Lipinski definition) is 4. The Bertz CT molecular complexity index is 1050. The topological polar surface area (TPSA) is 56.1 Å². The number of hydrogen-bond donors (Lipinski definition) is 1. The van der Waals surface area contributed by atoms with Crippen molar-refractivity contribution in [1.82, 2.24) is 9.55 Å². The van der Waals surface area contributed by atoms with Crippen molar-refractivity contribution in [3.05, 3.63) is 65.4 Å². The highest BCUT2D eigenvalue weighted by atomic mass is 16.5. The first-order valence-corrected chi connectivity index (χ1v) is 9.28. The summed E-state index contributed by atoms with van der Waals surface area (Å²) < 4.78 is 7.93. The molecule has 5 nitrogen and oxygen atoms in total. The smallest absolute Gasteiger partial charge is 0.209 e. The minimum absolute atomic E-state index is 0.0494. The molecule has 138 valence electrons. The van der Waals surface area contributed by atoms with Gasteiger partial charge in [-0.2, -0.15) is 0 Å². The van der Waals surface area contributed by atoms with Crippen LogP contribution in [0.15, 0.2) is 59.8 Å². The van der Waals surface area contributed by atoms with E-state index in [-0.39, 0.29) is 11.8 Å². The van der Waals surface area contributed by atoms with E-state index in [9.17, 15) is 4.79 Å². The first-order chi connectivity index (χ1) is 13.1.